The molecule has 0 spiro atoms. The molecule has 3 atom stereocenters. The highest BCUT2D eigenvalue weighted by Gasteiger charge is 2.35. The largest absolute Gasteiger partial charge is 0.481 e. The lowest BCUT2D eigenvalue weighted by Crippen LogP contribution is -2.54. The molecule has 0 aliphatic carbocycles. The highest BCUT2D eigenvalue weighted by Crippen LogP contribution is 2.23. The third kappa shape index (κ3) is 3.72. The fourth-order valence-corrected chi connectivity index (χ4v) is 1.46. The van der Waals surface area contributed by atoms with Crippen molar-refractivity contribution in [3.05, 3.63) is 0 Å². The minimum atomic E-state index is -0.953. The lowest BCUT2D eigenvalue weighted by molar-refractivity contribution is -0.239. The molecule has 1 fully saturated rings. The summed E-state index contributed by atoms with van der Waals surface area (Å²) in [6.45, 7) is 0. The van der Waals surface area contributed by atoms with Crippen LogP contribution in [0.3, 0.4) is 0 Å². The lowest BCUT2D eigenvalue weighted by Gasteiger charge is -2.37. The summed E-state index contributed by atoms with van der Waals surface area (Å²) in [7, 11) is 0. The Morgan fingerprint density at radius 3 is 2.60 bits per heavy atom. The van der Waals surface area contributed by atoms with Crippen molar-refractivity contribution in [2.24, 2.45) is 5.73 Å². The van der Waals surface area contributed by atoms with Gasteiger partial charge in [0.1, 0.15) is 0 Å². The first-order chi connectivity index (χ1) is 6.99. The van der Waals surface area contributed by atoms with Crippen LogP contribution in [0.4, 0.5) is 4.79 Å². The van der Waals surface area contributed by atoms with Crippen molar-refractivity contribution >= 4 is 12.0 Å². The van der Waals surface area contributed by atoms with Gasteiger partial charge in [0.05, 0.1) is 12.1 Å². The molecule has 7 nitrogen and oxygen atoms in total. The monoisotopic (exact) mass is 218 g/mol. The Kier molecular flexibility index (Phi) is 3.87. The molecule has 2 amide bonds. The van der Waals surface area contributed by atoms with Gasteiger partial charge in [0.2, 0.25) is 0 Å². The predicted octanol–water partition coefficient (Wildman–Crippen LogP) is -1.00. The first kappa shape index (κ1) is 11.7. The van der Waals surface area contributed by atoms with E-state index in [9.17, 15) is 9.59 Å². The van der Waals surface area contributed by atoms with Crippen LogP contribution in [0.1, 0.15) is 19.3 Å². The maximum absolute atomic E-state index is 10.6. The Morgan fingerprint density at radius 1 is 1.60 bits per heavy atom. The highest BCUT2D eigenvalue weighted by molar-refractivity contribution is 5.72. The fourth-order valence-electron chi connectivity index (χ4n) is 1.46. The van der Waals surface area contributed by atoms with Gasteiger partial charge < -0.3 is 26.0 Å². The number of carbonyl (C=O) groups excluding carboxylic acids is 1. The quantitative estimate of drug-likeness (QED) is 0.471. The van der Waals surface area contributed by atoms with Crippen molar-refractivity contribution in [2.45, 2.75) is 37.7 Å². The first-order valence-electron chi connectivity index (χ1n) is 4.60. The first-order valence-corrected chi connectivity index (χ1v) is 4.60. The Balaban J connectivity index is 2.38. The van der Waals surface area contributed by atoms with Gasteiger partial charge in [-0.05, 0) is 6.42 Å². The number of carbonyl (C=O) groups is 2. The fraction of sp³-hybridized carbons (Fsp3) is 0.750. The van der Waals surface area contributed by atoms with Gasteiger partial charge in [0.25, 0.3) is 0 Å². The van der Waals surface area contributed by atoms with E-state index in [1.54, 1.807) is 0 Å². The van der Waals surface area contributed by atoms with Crippen LogP contribution < -0.4 is 11.1 Å². The summed E-state index contributed by atoms with van der Waals surface area (Å²) >= 11 is 0. The maximum Gasteiger partial charge on any atom is 0.312 e. The molecule has 0 saturated carbocycles. The van der Waals surface area contributed by atoms with Crippen molar-refractivity contribution < 1.29 is 24.5 Å². The molecule has 0 radical (unpaired) electrons. The van der Waals surface area contributed by atoms with E-state index in [1.807, 2.05) is 0 Å². The van der Waals surface area contributed by atoms with Gasteiger partial charge in [0, 0.05) is 12.8 Å². The maximum atomic E-state index is 10.6. The number of urea groups is 1. The number of carboxylic acid groups (broad SMARTS) is 1. The molecule has 0 bridgehead atoms. The van der Waals surface area contributed by atoms with E-state index >= 15 is 0 Å². The highest BCUT2D eigenvalue weighted by atomic mass is 16.6. The second-order valence-electron chi connectivity index (χ2n) is 3.41. The summed E-state index contributed by atoms with van der Waals surface area (Å²) in [5.41, 5.74) is 4.94. The van der Waals surface area contributed by atoms with Crippen LogP contribution in [-0.4, -0.2) is 40.6 Å². The zero-order valence-corrected chi connectivity index (χ0v) is 8.05. The Morgan fingerprint density at radius 2 is 2.20 bits per heavy atom. The number of ether oxygens (including phenoxy) is 1. The summed E-state index contributed by atoms with van der Waals surface area (Å²) < 4.78 is 4.93. The smallest absolute Gasteiger partial charge is 0.312 e. The Bertz CT molecular complexity index is 251. The standard InChI is InChI=1S/C8H14N2O5/c9-8(14)10-4(1-2-6(11)12)5-3-7(13)15-5/h4-5,7,13H,1-3H2,(H,11,12)(H3,9,10,14)/t4-,5+,7?/m0/s1. The number of nitrogens with two attached hydrogens (primary N) is 1. The number of amides is 2. The predicted molar refractivity (Wildman–Crippen MR) is 48.9 cm³/mol. The number of primary amides is 1. The normalized spacial score (nSPS) is 26.5. The second-order valence-corrected chi connectivity index (χ2v) is 3.41. The summed E-state index contributed by atoms with van der Waals surface area (Å²) in [4.78, 5) is 21.0. The van der Waals surface area contributed by atoms with E-state index in [4.69, 9.17) is 20.7 Å². The van der Waals surface area contributed by atoms with Crippen LogP contribution in [0.5, 0.6) is 0 Å². The number of aliphatic hydroxyl groups is 1. The van der Waals surface area contributed by atoms with Gasteiger partial charge in [-0.1, -0.05) is 0 Å². The molecule has 1 aliphatic rings. The van der Waals surface area contributed by atoms with E-state index in [0.29, 0.717) is 6.42 Å². The van der Waals surface area contributed by atoms with Crippen LogP contribution in [0.15, 0.2) is 0 Å². The Hall–Kier alpha value is -1.34. The summed E-state index contributed by atoms with van der Waals surface area (Å²) in [6, 6.07) is -1.18. The zero-order chi connectivity index (χ0) is 11.4. The van der Waals surface area contributed by atoms with Crippen molar-refractivity contribution in [1.29, 1.82) is 0 Å². The molecule has 0 aromatic carbocycles. The van der Waals surface area contributed by atoms with Crippen molar-refractivity contribution in [3.8, 4) is 0 Å². The molecule has 5 N–H and O–H groups in total. The van der Waals surface area contributed by atoms with Gasteiger partial charge in [-0.15, -0.1) is 0 Å². The molecule has 15 heavy (non-hydrogen) atoms. The SMILES string of the molecule is NC(=O)N[C@@H](CCC(=O)O)[C@H]1CC(O)O1. The van der Waals surface area contributed by atoms with Crippen LogP contribution in [0.25, 0.3) is 0 Å². The molecule has 86 valence electrons. The van der Waals surface area contributed by atoms with E-state index in [1.165, 1.54) is 0 Å². The van der Waals surface area contributed by atoms with Crippen LogP contribution in [0, 0.1) is 0 Å². The molecular weight excluding hydrogens is 204 g/mol. The van der Waals surface area contributed by atoms with Crippen LogP contribution in [0.2, 0.25) is 0 Å². The van der Waals surface area contributed by atoms with Crippen molar-refractivity contribution in [2.75, 3.05) is 0 Å². The van der Waals surface area contributed by atoms with Gasteiger partial charge in [-0.25, -0.2) is 4.79 Å². The average Bonchev–Trinajstić information content (AvgIpc) is 2.06. The summed E-state index contributed by atoms with van der Waals surface area (Å²) in [5.74, 6) is -0.953. The lowest BCUT2D eigenvalue weighted by atomic mass is 9.98. The molecule has 1 saturated heterocycles. The third-order valence-corrected chi connectivity index (χ3v) is 2.21. The van der Waals surface area contributed by atoms with Crippen molar-refractivity contribution in [3.63, 3.8) is 0 Å². The number of aliphatic carboxylic acids is 1. The van der Waals surface area contributed by atoms with Crippen LogP contribution in [-0.2, 0) is 9.53 Å². The molecule has 0 aromatic heterocycles. The molecule has 1 rings (SSSR count). The van der Waals surface area contributed by atoms with E-state index in [0.717, 1.165) is 0 Å². The number of nitrogens with one attached hydrogen (secondary N) is 1. The van der Waals surface area contributed by atoms with Gasteiger partial charge in [-0.2, -0.15) is 0 Å². The number of rotatable bonds is 5. The molecule has 1 aliphatic heterocycles. The molecule has 7 heteroatoms. The number of hydrogen-bond donors (Lipinski definition) is 4. The third-order valence-electron chi connectivity index (χ3n) is 2.21. The second kappa shape index (κ2) is 4.94. The minimum Gasteiger partial charge on any atom is -0.481 e. The molecule has 1 heterocycles. The van der Waals surface area contributed by atoms with Crippen LogP contribution >= 0.6 is 0 Å². The van der Waals surface area contributed by atoms with Gasteiger partial charge in [-0.3, -0.25) is 4.79 Å². The number of carboxylic acids is 1. The number of aliphatic hydroxyl groups excluding tert-OH is 1. The summed E-state index contributed by atoms with van der Waals surface area (Å²) in [5, 5.41) is 19.8. The Labute approximate surface area is 86.2 Å². The zero-order valence-electron chi connectivity index (χ0n) is 8.05. The van der Waals surface area contributed by atoms with E-state index in [2.05, 4.69) is 5.32 Å². The summed E-state index contributed by atoms with van der Waals surface area (Å²) in [6.07, 6.45) is -0.648. The van der Waals surface area contributed by atoms with E-state index < -0.39 is 24.3 Å². The van der Waals surface area contributed by atoms with Gasteiger partial charge >= 0.3 is 12.0 Å². The van der Waals surface area contributed by atoms with Gasteiger partial charge in [0.15, 0.2) is 6.29 Å². The molecular formula is C8H14N2O5. The minimum absolute atomic E-state index is 0.0824. The van der Waals surface area contributed by atoms with E-state index in [-0.39, 0.29) is 18.9 Å². The molecule has 1 unspecified atom stereocenters. The average molecular weight is 218 g/mol. The molecule has 0 aromatic rings. The number of hydrogen-bond acceptors (Lipinski definition) is 4. The van der Waals surface area contributed by atoms with Crippen molar-refractivity contribution in [1.82, 2.24) is 5.32 Å². The topological polar surface area (TPSA) is 122 Å².